The van der Waals surface area contributed by atoms with Crippen LogP contribution in [0.2, 0.25) is 0 Å². The molecule has 6 rings (SSSR count). The first-order chi connectivity index (χ1) is 20.4. The predicted octanol–water partition coefficient (Wildman–Crippen LogP) is 7.23. The zero-order valence-corrected chi connectivity index (χ0v) is 22.9. The number of imidazole rings is 1. The molecule has 6 aromatic rings. The van der Waals surface area contributed by atoms with Crippen molar-refractivity contribution in [2.75, 3.05) is 5.32 Å². The number of nitro groups is 1. The maximum absolute atomic E-state index is 11.9. The third-order valence-corrected chi connectivity index (χ3v) is 7.26. The molecule has 0 atom stereocenters. The number of nitro benzene ring substituents is 1. The van der Waals surface area contributed by atoms with Crippen molar-refractivity contribution in [3.8, 4) is 16.8 Å². The fourth-order valence-electron chi connectivity index (χ4n) is 5.24. The number of carbonyl (C=O) groups is 1. The third kappa shape index (κ3) is 4.70. The Morgan fingerprint density at radius 3 is 2.60 bits per heavy atom. The summed E-state index contributed by atoms with van der Waals surface area (Å²) in [6, 6.07) is 21.7. The second-order valence-electron chi connectivity index (χ2n) is 10.00. The molecule has 11 nitrogen and oxygen atoms in total. The van der Waals surface area contributed by atoms with Gasteiger partial charge in [-0.1, -0.05) is 37.6 Å². The fraction of sp³-hybridized carbons (Fsp3) is 0.161. The number of aromatic carboxylic acids is 1. The Kier molecular flexibility index (Phi) is 6.83. The highest BCUT2D eigenvalue weighted by Gasteiger charge is 2.21. The van der Waals surface area contributed by atoms with E-state index in [9.17, 15) is 20.0 Å². The number of nitrogens with zero attached hydrogens (tertiary/aromatic N) is 5. The average molecular weight is 563 g/mol. The zero-order valence-electron chi connectivity index (χ0n) is 22.9. The number of anilines is 2. The van der Waals surface area contributed by atoms with Crippen LogP contribution in [-0.4, -0.2) is 35.9 Å². The Balaban J connectivity index is 1.44. The van der Waals surface area contributed by atoms with Crippen LogP contribution in [0.25, 0.3) is 38.9 Å². The van der Waals surface area contributed by atoms with E-state index in [0.29, 0.717) is 11.3 Å². The lowest BCUT2D eigenvalue weighted by atomic mass is 9.95. The summed E-state index contributed by atoms with van der Waals surface area (Å²) in [7, 11) is 0. The summed E-state index contributed by atoms with van der Waals surface area (Å²) in [6.07, 6.45) is 2.77. The average Bonchev–Trinajstić information content (AvgIpc) is 3.61. The van der Waals surface area contributed by atoms with Crippen LogP contribution < -0.4 is 5.32 Å². The van der Waals surface area contributed by atoms with Crippen LogP contribution in [0.1, 0.15) is 41.5 Å². The van der Waals surface area contributed by atoms with Gasteiger partial charge in [0.1, 0.15) is 5.82 Å². The van der Waals surface area contributed by atoms with Crippen LogP contribution in [-0.2, 0) is 6.42 Å². The van der Waals surface area contributed by atoms with Crippen molar-refractivity contribution in [3.63, 3.8) is 0 Å². The summed E-state index contributed by atoms with van der Waals surface area (Å²) in [4.78, 5) is 27.7. The van der Waals surface area contributed by atoms with E-state index in [0.717, 1.165) is 58.6 Å². The first kappa shape index (κ1) is 26.6. The van der Waals surface area contributed by atoms with E-state index >= 15 is 0 Å². The van der Waals surface area contributed by atoms with Gasteiger partial charge < -0.3 is 10.4 Å². The molecule has 210 valence electrons. The molecule has 0 aliphatic carbocycles. The lowest BCUT2D eigenvalue weighted by Crippen LogP contribution is -2.03. The Bertz CT molecular complexity index is 1990. The fourth-order valence-corrected chi connectivity index (χ4v) is 5.24. The lowest BCUT2D eigenvalue weighted by Gasteiger charge is -2.15. The molecule has 0 saturated heterocycles. The summed E-state index contributed by atoms with van der Waals surface area (Å²) in [5.41, 5.74) is 6.70. The van der Waals surface area contributed by atoms with Crippen molar-refractivity contribution in [2.45, 2.75) is 33.1 Å². The van der Waals surface area contributed by atoms with Gasteiger partial charge in [-0.05, 0) is 82.8 Å². The Labute approximate surface area is 239 Å². The van der Waals surface area contributed by atoms with Gasteiger partial charge in [-0.25, -0.2) is 14.4 Å². The molecule has 0 unspecified atom stereocenters. The third-order valence-electron chi connectivity index (χ3n) is 7.26. The van der Waals surface area contributed by atoms with Gasteiger partial charge in [0.05, 0.1) is 27.2 Å². The number of hydrogen-bond donors (Lipinski definition) is 2. The van der Waals surface area contributed by atoms with Crippen LogP contribution in [0.15, 0.2) is 77.4 Å². The minimum Gasteiger partial charge on any atom is -0.478 e. The number of aromatic nitrogens is 4. The summed E-state index contributed by atoms with van der Waals surface area (Å²) >= 11 is 0. The number of non-ortho nitro benzene ring substituents is 1. The normalized spacial score (nSPS) is 11.3. The topological polar surface area (TPSA) is 149 Å². The smallest absolute Gasteiger partial charge is 0.336 e. The molecule has 0 radical (unpaired) electrons. The van der Waals surface area contributed by atoms with Crippen LogP contribution in [0.5, 0.6) is 0 Å². The SMILES string of the molecule is CCCCc1nc2ccc(Nc3ccc([N+](=O)[O-])c4nonc34)cc2n1-c1ccc(-c2ccccc2C(=O)O)c(C)c1. The van der Waals surface area contributed by atoms with Crippen molar-refractivity contribution in [1.29, 1.82) is 0 Å². The molecular formula is C31H26N6O5. The lowest BCUT2D eigenvalue weighted by molar-refractivity contribution is -0.383. The molecular weight excluding hydrogens is 536 g/mol. The minimum atomic E-state index is -0.969. The van der Waals surface area contributed by atoms with Crippen molar-refractivity contribution in [1.82, 2.24) is 19.9 Å². The van der Waals surface area contributed by atoms with Gasteiger partial charge >= 0.3 is 11.7 Å². The summed E-state index contributed by atoms with van der Waals surface area (Å²) in [5.74, 6) is -0.0521. The van der Waals surface area contributed by atoms with E-state index in [4.69, 9.17) is 9.61 Å². The molecule has 2 heterocycles. The number of carboxylic acid groups (broad SMARTS) is 1. The monoisotopic (exact) mass is 562 g/mol. The molecule has 2 aromatic heterocycles. The largest absolute Gasteiger partial charge is 0.478 e. The number of carboxylic acids is 1. The van der Waals surface area contributed by atoms with Gasteiger partial charge in [0.2, 0.25) is 5.52 Å². The highest BCUT2D eigenvalue weighted by Crippen LogP contribution is 2.34. The molecule has 42 heavy (non-hydrogen) atoms. The van der Waals surface area contributed by atoms with Gasteiger partial charge in [0, 0.05) is 23.9 Å². The molecule has 0 bridgehead atoms. The molecule has 0 spiro atoms. The van der Waals surface area contributed by atoms with Gasteiger partial charge in [-0.15, -0.1) is 0 Å². The van der Waals surface area contributed by atoms with Gasteiger partial charge in [-0.3, -0.25) is 14.7 Å². The second-order valence-corrected chi connectivity index (χ2v) is 10.00. The Morgan fingerprint density at radius 1 is 1.02 bits per heavy atom. The second kappa shape index (κ2) is 10.8. The molecule has 11 heteroatoms. The van der Waals surface area contributed by atoms with E-state index in [1.807, 2.05) is 55.5 Å². The number of hydrogen-bond acceptors (Lipinski definition) is 8. The van der Waals surface area contributed by atoms with Crippen LogP contribution in [0.4, 0.5) is 17.1 Å². The van der Waals surface area contributed by atoms with Crippen molar-refractivity contribution >= 4 is 45.1 Å². The summed E-state index contributed by atoms with van der Waals surface area (Å²) < 4.78 is 6.93. The van der Waals surface area contributed by atoms with Crippen molar-refractivity contribution in [2.24, 2.45) is 0 Å². The maximum atomic E-state index is 11.9. The number of fused-ring (bicyclic) bond motifs is 2. The highest BCUT2D eigenvalue weighted by atomic mass is 16.6. The van der Waals surface area contributed by atoms with Crippen LogP contribution >= 0.6 is 0 Å². The quantitative estimate of drug-likeness (QED) is 0.137. The molecule has 0 saturated carbocycles. The molecule has 0 fully saturated rings. The molecule has 0 aliphatic heterocycles. The molecule has 2 N–H and O–H groups in total. The van der Waals surface area contributed by atoms with E-state index < -0.39 is 10.9 Å². The van der Waals surface area contributed by atoms with Gasteiger partial charge in [-0.2, -0.15) is 0 Å². The zero-order chi connectivity index (χ0) is 29.4. The van der Waals surface area contributed by atoms with Gasteiger partial charge in [0.25, 0.3) is 0 Å². The number of aryl methyl sites for hydroxylation is 2. The van der Waals surface area contributed by atoms with Gasteiger partial charge in [0.15, 0.2) is 5.52 Å². The van der Waals surface area contributed by atoms with Crippen LogP contribution in [0, 0.1) is 17.0 Å². The predicted molar refractivity (Wildman–Crippen MR) is 159 cm³/mol. The maximum Gasteiger partial charge on any atom is 0.336 e. The Morgan fingerprint density at radius 2 is 1.83 bits per heavy atom. The molecule has 0 amide bonds. The Hall–Kier alpha value is -5.58. The standard InChI is InChI=1S/C31H26N6O5/c1-3-4-9-28-33-24-13-10-19(32-25-14-15-26(37(40)41)30-29(25)34-42-35-30)17-27(24)36(28)20-11-12-21(18(2)16-20)22-7-5-6-8-23(22)31(38)39/h5-8,10-17,32H,3-4,9H2,1-2H3,(H,38,39). The number of nitrogens with one attached hydrogen (secondary N) is 1. The first-order valence-electron chi connectivity index (χ1n) is 13.5. The number of unbranched alkanes of at least 4 members (excludes halogenated alkanes) is 1. The van der Waals surface area contributed by atoms with E-state index in [1.165, 1.54) is 6.07 Å². The van der Waals surface area contributed by atoms with Crippen molar-refractivity contribution < 1.29 is 19.5 Å². The first-order valence-corrected chi connectivity index (χ1v) is 13.5. The number of rotatable bonds is 9. The minimum absolute atomic E-state index is 0.0676. The summed E-state index contributed by atoms with van der Waals surface area (Å²) in [5, 5.41) is 32.0. The van der Waals surface area contributed by atoms with Crippen molar-refractivity contribution in [3.05, 3.63) is 99.9 Å². The summed E-state index contributed by atoms with van der Waals surface area (Å²) in [6.45, 7) is 4.11. The molecule has 0 aliphatic rings. The molecule has 4 aromatic carbocycles. The van der Waals surface area contributed by atoms with E-state index in [2.05, 4.69) is 27.1 Å². The number of benzene rings is 4. The van der Waals surface area contributed by atoms with Crippen LogP contribution in [0.3, 0.4) is 0 Å². The van der Waals surface area contributed by atoms with E-state index in [-0.39, 0.29) is 22.3 Å². The highest BCUT2D eigenvalue weighted by molar-refractivity contribution is 5.97. The van der Waals surface area contributed by atoms with E-state index in [1.54, 1.807) is 18.2 Å².